The lowest BCUT2D eigenvalue weighted by Crippen LogP contribution is -2.55. The first-order valence-corrected chi connectivity index (χ1v) is 8.43. The first kappa shape index (κ1) is 15.8. The molecule has 1 amide bonds. The molecule has 1 aliphatic heterocycles. The number of piperidine rings is 1. The monoisotopic (exact) mass is 280 g/mol. The Hall–Kier alpha value is -0.570. The molecule has 0 aromatic carbocycles. The van der Waals surface area contributed by atoms with E-state index >= 15 is 0 Å². The van der Waals surface area contributed by atoms with Crippen molar-refractivity contribution in [1.29, 1.82) is 0 Å². The molecule has 0 aromatic heterocycles. The molecule has 1 heterocycles. The molecule has 3 nitrogen and oxygen atoms in total. The second kappa shape index (κ2) is 6.46. The maximum Gasteiger partial charge on any atom is 0.222 e. The molecule has 3 atom stereocenters. The van der Waals surface area contributed by atoms with E-state index in [9.17, 15) is 4.79 Å². The normalized spacial score (nSPS) is 29.8. The number of hydrogen-bond donors (Lipinski definition) is 1. The van der Waals surface area contributed by atoms with E-state index in [0.29, 0.717) is 23.9 Å². The third kappa shape index (κ3) is 3.97. The van der Waals surface area contributed by atoms with E-state index < -0.39 is 0 Å². The van der Waals surface area contributed by atoms with Gasteiger partial charge in [0.25, 0.3) is 0 Å². The van der Waals surface area contributed by atoms with Gasteiger partial charge >= 0.3 is 0 Å². The average Bonchev–Trinajstić information content (AvgIpc) is 3.21. The Balaban J connectivity index is 1.98. The number of nitrogens with zero attached hydrogens (tertiary/aromatic N) is 1. The molecule has 1 aliphatic carbocycles. The minimum absolute atomic E-state index is 0.0868. The molecule has 1 saturated carbocycles. The van der Waals surface area contributed by atoms with Crippen molar-refractivity contribution in [3.05, 3.63) is 0 Å². The summed E-state index contributed by atoms with van der Waals surface area (Å²) in [5.41, 5.74) is 0. The Morgan fingerprint density at radius 2 is 1.70 bits per heavy atom. The summed E-state index contributed by atoms with van der Waals surface area (Å²) in [6, 6.07) is 1.03. The zero-order chi connectivity index (χ0) is 14.9. The van der Waals surface area contributed by atoms with Gasteiger partial charge in [0.1, 0.15) is 0 Å². The topological polar surface area (TPSA) is 32.3 Å². The Bertz CT molecular complexity index is 336. The van der Waals surface area contributed by atoms with Gasteiger partial charge in [-0.1, -0.05) is 27.7 Å². The van der Waals surface area contributed by atoms with Gasteiger partial charge in [-0.25, -0.2) is 0 Å². The SMILES string of the molecule is CC(C)C(=O)NC1CC(C(C)C)CN(C(C)C2CC2)C1. The summed E-state index contributed by atoms with van der Waals surface area (Å²) in [5, 5.41) is 3.27. The van der Waals surface area contributed by atoms with Crippen LogP contribution in [0.5, 0.6) is 0 Å². The van der Waals surface area contributed by atoms with Crippen LogP contribution in [0.1, 0.15) is 53.9 Å². The smallest absolute Gasteiger partial charge is 0.222 e. The van der Waals surface area contributed by atoms with E-state index in [-0.39, 0.29) is 11.8 Å². The van der Waals surface area contributed by atoms with Crippen molar-refractivity contribution in [3.8, 4) is 0 Å². The van der Waals surface area contributed by atoms with Gasteiger partial charge in [0.15, 0.2) is 0 Å². The van der Waals surface area contributed by atoms with Crippen LogP contribution in [0.2, 0.25) is 0 Å². The first-order chi connectivity index (χ1) is 9.38. The summed E-state index contributed by atoms with van der Waals surface area (Å²) in [5.74, 6) is 2.61. The van der Waals surface area contributed by atoms with Crippen LogP contribution in [0.15, 0.2) is 0 Å². The Morgan fingerprint density at radius 3 is 2.20 bits per heavy atom. The molecule has 20 heavy (non-hydrogen) atoms. The van der Waals surface area contributed by atoms with Crippen LogP contribution in [-0.4, -0.2) is 36.0 Å². The lowest BCUT2D eigenvalue weighted by atomic mass is 9.84. The number of hydrogen-bond acceptors (Lipinski definition) is 2. The van der Waals surface area contributed by atoms with Crippen molar-refractivity contribution < 1.29 is 4.79 Å². The zero-order valence-electron chi connectivity index (χ0n) is 13.9. The fraction of sp³-hybridized carbons (Fsp3) is 0.941. The molecule has 2 rings (SSSR count). The highest BCUT2D eigenvalue weighted by Crippen LogP contribution is 2.37. The number of rotatable bonds is 5. The summed E-state index contributed by atoms with van der Waals surface area (Å²) >= 11 is 0. The van der Waals surface area contributed by atoms with E-state index in [1.165, 1.54) is 19.4 Å². The van der Waals surface area contributed by atoms with Crippen LogP contribution in [0.25, 0.3) is 0 Å². The Labute approximate surface area is 124 Å². The highest BCUT2D eigenvalue weighted by Gasteiger charge is 2.37. The number of nitrogens with one attached hydrogen (secondary N) is 1. The van der Waals surface area contributed by atoms with E-state index in [1.54, 1.807) is 0 Å². The molecule has 2 aliphatic rings. The van der Waals surface area contributed by atoms with Crippen molar-refractivity contribution >= 4 is 5.91 Å². The molecule has 3 heteroatoms. The van der Waals surface area contributed by atoms with Crippen LogP contribution in [0.4, 0.5) is 0 Å². The molecule has 1 saturated heterocycles. The zero-order valence-corrected chi connectivity index (χ0v) is 13.9. The van der Waals surface area contributed by atoms with Gasteiger partial charge in [-0.3, -0.25) is 9.69 Å². The van der Waals surface area contributed by atoms with Crippen molar-refractivity contribution in [2.24, 2.45) is 23.7 Å². The molecule has 0 spiro atoms. The quantitative estimate of drug-likeness (QED) is 0.840. The molecule has 116 valence electrons. The van der Waals surface area contributed by atoms with Crippen LogP contribution >= 0.6 is 0 Å². The first-order valence-electron chi connectivity index (χ1n) is 8.43. The summed E-state index contributed by atoms with van der Waals surface area (Å²) in [7, 11) is 0. The Kier molecular flexibility index (Phi) is 5.11. The lowest BCUT2D eigenvalue weighted by Gasteiger charge is -2.43. The number of likely N-dealkylation sites (tertiary alicyclic amines) is 1. The highest BCUT2D eigenvalue weighted by atomic mass is 16.1. The van der Waals surface area contributed by atoms with Gasteiger partial charge in [-0.2, -0.15) is 0 Å². The van der Waals surface area contributed by atoms with Gasteiger partial charge < -0.3 is 5.32 Å². The van der Waals surface area contributed by atoms with Gasteiger partial charge in [0.2, 0.25) is 5.91 Å². The van der Waals surface area contributed by atoms with Crippen molar-refractivity contribution in [1.82, 2.24) is 10.2 Å². The second-order valence-corrected chi connectivity index (χ2v) is 7.63. The maximum absolute atomic E-state index is 12.0. The molecular formula is C17H32N2O. The van der Waals surface area contributed by atoms with Crippen LogP contribution in [0, 0.1) is 23.7 Å². The minimum Gasteiger partial charge on any atom is -0.352 e. The van der Waals surface area contributed by atoms with Crippen LogP contribution in [-0.2, 0) is 4.79 Å². The standard InChI is InChI=1S/C17H32N2O/c1-11(2)15-8-16(18-17(20)12(3)4)10-19(9-15)13(5)14-6-7-14/h11-16H,6-10H2,1-5H3,(H,18,20). The molecule has 0 radical (unpaired) electrons. The van der Waals surface area contributed by atoms with Gasteiger partial charge in [0, 0.05) is 31.1 Å². The molecule has 1 N–H and O–H groups in total. The van der Waals surface area contributed by atoms with E-state index in [1.807, 2.05) is 13.8 Å². The summed E-state index contributed by atoms with van der Waals surface area (Å²) in [6.45, 7) is 13.2. The van der Waals surface area contributed by atoms with Gasteiger partial charge in [-0.05, 0) is 43.9 Å². The third-order valence-corrected chi connectivity index (χ3v) is 5.20. The van der Waals surface area contributed by atoms with Crippen LogP contribution < -0.4 is 5.32 Å². The maximum atomic E-state index is 12.0. The van der Waals surface area contributed by atoms with Crippen molar-refractivity contribution in [2.75, 3.05) is 13.1 Å². The van der Waals surface area contributed by atoms with E-state index in [2.05, 4.69) is 31.0 Å². The van der Waals surface area contributed by atoms with Crippen molar-refractivity contribution in [3.63, 3.8) is 0 Å². The number of carbonyl (C=O) groups is 1. The highest BCUT2D eigenvalue weighted by molar-refractivity contribution is 5.78. The number of carbonyl (C=O) groups excluding carboxylic acids is 1. The summed E-state index contributed by atoms with van der Waals surface area (Å²) < 4.78 is 0. The fourth-order valence-electron chi connectivity index (χ4n) is 3.34. The number of amides is 1. The summed E-state index contributed by atoms with van der Waals surface area (Å²) in [4.78, 5) is 14.6. The van der Waals surface area contributed by atoms with Gasteiger partial charge in [-0.15, -0.1) is 0 Å². The predicted molar refractivity (Wildman–Crippen MR) is 83.5 cm³/mol. The fourth-order valence-corrected chi connectivity index (χ4v) is 3.34. The van der Waals surface area contributed by atoms with Gasteiger partial charge in [0.05, 0.1) is 0 Å². The third-order valence-electron chi connectivity index (χ3n) is 5.20. The molecule has 0 bridgehead atoms. The van der Waals surface area contributed by atoms with Crippen molar-refractivity contribution in [2.45, 2.75) is 66.0 Å². The molecule has 3 unspecified atom stereocenters. The largest absolute Gasteiger partial charge is 0.352 e. The summed E-state index contributed by atoms with van der Waals surface area (Å²) in [6.07, 6.45) is 3.93. The Morgan fingerprint density at radius 1 is 1.05 bits per heavy atom. The predicted octanol–water partition coefficient (Wildman–Crippen LogP) is 2.90. The minimum atomic E-state index is 0.0868. The lowest BCUT2D eigenvalue weighted by molar-refractivity contribution is -0.125. The molecule has 2 fully saturated rings. The average molecular weight is 280 g/mol. The second-order valence-electron chi connectivity index (χ2n) is 7.63. The van der Waals surface area contributed by atoms with Crippen LogP contribution in [0.3, 0.4) is 0 Å². The van der Waals surface area contributed by atoms with E-state index in [0.717, 1.165) is 18.9 Å². The van der Waals surface area contributed by atoms with E-state index in [4.69, 9.17) is 0 Å². The molecular weight excluding hydrogens is 248 g/mol. The molecule has 0 aromatic rings.